The first-order chi connectivity index (χ1) is 14.9. The van der Waals surface area contributed by atoms with Gasteiger partial charge in [-0.2, -0.15) is 0 Å². The van der Waals surface area contributed by atoms with Crippen molar-refractivity contribution in [1.82, 2.24) is 15.2 Å². The fourth-order valence-corrected chi connectivity index (χ4v) is 4.38. The first-order valence-corrected chi connectivity index (χ1v) is 10.5. The maximum absolute atomic E-state index is 14.4. The highest BCUT2D eigenvalue weighted by atomic mass is 19.1. The second kappa shape index (κ2) is 8.70. The lowest BCUT2D eigenvalue weighted by atomic mass is 9.83. The Morgan fingerprint density at radius 1 is 1.26 bits per heavy atom. The van der Waals surface area contributed by atoms with Gasteiger partial charge in [-0.15, -0.1) is 0 Å². The summed E-state index contributed by atoms with van der Waals surface area (Å²) in [4.78, 5) is 31.9. The number of carbonyl (C=O) groups excluding carboxylic acids is 2. The minimum atomic E-state index is -0.958. The summed E-state index contributed by atoms with van der Waals surface area (Å²) in [6, 6.07) is 5.54. The minimum Gasteiger partial charge on any atom is -0.353 e. The molecule has 2 amide bonds. The Balaban J connectivity index is 1.61. The number of nitrogens with one attached hydrogen (secondary N) is 1. The second-order valence-electron chi connectivity index (χ2n) is 8.33. The van der Waals surface area contributed by atoms with Crippen molar-refractivity contribution < 1.29 is 23.1 Å². The Kier molecular flexibility index (Phi) is 6.00. The molecule has 1 saturated heterocycles. The molecule has 1 atom stereocenters. The van der Waals surface area contributed by atoms with Crippen molar-refractivity contribution in [2.75, 3.05) is 6.61 Å². The van der Waals surface area contributed by atoms with E-state index in [4.69, 9.17) is 4.74 Å². The molecule has 8 heteroatoms. The summed E-state index contributed by atoms with van der Waals surface area (Å²) < 4.78 is 33.9. The molecule has 2 aliphatic rings. The zero-order valence-corrected chi connectivity index (χ0v) is 17.3. The van der Waals surface area contributed by atoms with E-state index in [0.29, 0.717) is 24.8 Å². The van der Waals surface area contributed by atoms with Gasteiger partial charge in [-0.25, -0.2) is 8.78 Å². The monoisotopic (exact) mass is 429 g/mol. The van der Waals surface area contributed by atoms with Crippen molar-refractivity contribution in [2.45, 2.75) is 50.9 Å². The van der Waals surface area contributed by atoms with Gasteiger partial charge in [0.05, 0.1) is 12.2 Å². The predicted molar refractivity (Wildman–Crippen MR) is 109 cm³/mol. The Morgan fingerprint density at radius 3 is 2.71 bits per heavy atom. The van der Waals surface area contributed by atoms with Crippen LogP contribution in [0, 0.1) is 17.6 Å². The lowest BCUT2D eigenvalue weighted by Gasteiger charge is -2.43. The average Bonchev–Trinajstić information content (AvgIpc) is 3.13. The number of ether oxygens (including phenoxy) is 1. The van der Waals surface area contributed by atoms with E-state index < -0.39 is 29.3 Å². The first-order valence-electron chi connectivity index (χ1n) is 10.5. The number of rotatable bonds is 4. The molecule has 1 spiro atoms. The fourth-order valence-electron chi connectivity index (χ4n) is 4.38. The molecule has 2 aromatic rings. The number of pyridine rings is 1. The topological polar surface area (TPSA) is 71.5 Å². The van der Waals surface area contributed by atoms with Gasteiger partial charge in [0.1, 0.15) is 23.4 Å². The van der Waals surface area contributed by atoms with Gasteiger partial charge >= 0.3 is 0 Å². The molecule has 4 rings (SSSR count). The zero-order valence-electron chi connectivity index (χ0n) is 17.3. The van der Waals surface area contributed by atoms with E-state index in [1.807, 2.05) is 6.07 Å². The van der Waals surface area contributed by atoms with Gasteiger partial charge in [0, 0.05) is 25.0 Å². The van der Waals surface area contributed by atoms with Gasteiger partial charge in [-0.1, -0.05) is 13.0 Å². The molecule has 2 fully saturated rings. The van der Waals surface area contributed by atoms with Crippen molar-refractivity contribution in [2.24, 2.45) is 5.92 Å². The largest absolute Gasteiger partial charge is 0.353 e. The van der Waals surface area contributed by atoms with E-state index in [-0.39, 0.29) is 24.6 Å². The molecule has 1 N–H and O–H groups in total. The lowest BCUT2D eigenvalue weighted by molar-refractivity contribution is -0.128. The van der Waals surface area contributed by atoms with E-state index in [1.165, 1.54) is 4.90 Å². The number of hydrogen-bond donors (Lipinski definition) is 1. The molecule has 1 aliphatic heterocycles. The molecule has 0 bridgehead atoms. The van der Waals surface area contributed by atoms with Crippen LogP contribution in [0.4, 0.5) is 8.78 Å². The number of halogens is 2. The van der Waals surface area contributed by atoms with Crippen molar-refractivity contribution in [3.8, 4) is 0 Å². The first kappa shape index (κ1) is 21.4. The Bertz CT molecular complexity index is 962. The summed E-state index contributed by atoms with van der Waals surface area (Å²) in [5.74, 6) is -2.28. The molecule has 164 valence electrons. The van der Waals surface area contributed by atoms with Gasteiger partial charge in [0.25, 0.3) is 5.91 Å². The molecule has 1 aromatic carbocycles. The standard InChI is InChI=1S/C23H25F2N3O3/c1-15-6-8-23(9-7-15)28(22(30)18-5-4-17(24)11-19(18)25)20(14-31-23)21(29)27-13-16-3-2-10-26-12-16/h2-5,10-12,15,20H,6-9,13-14H2,1H3,(H,27,29). The van der Waals surface area contributed by atoms with Crippen LogP contribution in [0.1, 0.15) is 48.5 Å². The molecule has 1 aliphatic carbocycles. The number of aromatic nitrogens is 1. The van der Waals surface area contributed by atoms with Crippen molar-refractivity contribution in [3.63, 3.8) is 0 Å². The van der Waals surface area contributed by atoms with Gasteiger partial charge < -0.3 is 10.1 Å². The average molecular weight is 429 g/mol. The van der Waals surface area contributed by atoms with Crippen LogP contribution >= 0.6 is 0 Å². The van der Waals surface area contributed by atoms with Crippen LogP contribution < -0.4 is 5.32 Å². The van der Waals surface area contributed by atoms with E-state index in [9.17, 15) is 18.4 Å². The van der Waals surface area contributed by atoms with E-state index >= 15 is 0 Å². The van der Waals surface area contributed by atoms with Crippen LogP contribution in [0.3, 0.4) is 0 Å². The summed E-state index contributed by atoms with van der Waals surface area (Å²) in [7, 11) is 0. The summed E-state index contributed by atoms with van der Waals surface area (Å²) >= 11 is 0. The predicted octanol–water partition coefficient (Wildman–Crippen LogP) is 3.42. The summed E-state index contributed by atoms with van der Waals surface area (Å²) in [6.07, 6.45) is 6.08. The molecule has 31 heavy (non-hydrogen) atoms. The van der Waals surface area contributed by atoms with Crippen molar-refractivity contribution >= 4 is 11.8 Å². The Hall–Kier alpha value is -2.87. The van der Waals surface area contributed by atoms with Gasteiger partial charge in [0.2, 0.25) is 5.91 Å². The van der Waals surface area contributed by atoms with E-state index in [2.05, 4.69) is 17.2 Å². The minimum absolute atomic E-state index is 0.0296. The Morgan fingerprint density at radius 2 is 2.03 bits per heavy atom. The van der Waals surface area contributed by atoms with Crippen LogP contribution in [-0.4, -0.2) is 40.1 Å². The van der Waals surface area contributed by atoms with Crippen LogP contribution in [0.25, 0.3) is 0 Å². The van der Waals surface area contributed by atoms with E-state index in [0.717, 1.165) is 30.5 Å². The maximum Gasteiger partial charge on any atom is 0.259 e. The maximum atomic E-state index is 14.4. The van der Waals surface area contributed by atoms with Crippen LogP contribution in [0.2, 0.25) is 0 Å². The van der Waals surface area contributed by atoms with E-state index in [1.54, 1.807) is 18.5 Å². The molecule has 0 radical (unpaired) electrons. The van der Waals surface area contributed by atoms with Crippen LogP contribution in [0.15, 0.2) is 42.7 Å². The van der Waals surface area contributed by atoms with Gasteiger partial charge in [0.15, 0.2) is 0 Å². The van der Waals surface area contributed by atoms with Gasteiger partial charge in [-0.3, -0.25) is 19.5 Å². The highest BCUT2D eigenvalue weighted by Crippen LogP contribution is 2.43. The molecule has 1 saturated carbocycles. The highest BCUT2D eigenvalue weighted by molar-refractivity contribution is 5.98. The third-order valence-electron chi connectivity index (χ3n) is 6.19. The summed E-state index contributed by atoms with van der Waals surface area (Å²) in [6.45, 7) is 2.41. The third-order valence-corrected chi connectivity index (χ3v) is 6.19. The number of amides is 2. The van der Waals surface area contributed by atoms with Crippen molar-refractivity contribution in [3.05, 3.63) is 65.5 Å². The number of benzene rings is 1. The fraction of sp³-hybridized carbons (Fsp3) is 0.435. The molecular formula is C23H25F2N3O3. The third kappa shape index (κ3) is 4.30. The van der Waals surface area contributed by atoms with Gasteiger partial charge in [-0.05, 0) is 55.4 Å². The molecule has 1 unspecified atom stereocenters. The quantitative estimate of drug-likeness (QED) is 0.809. The summed E-state index contributed by atoms with van der Waals surface area (Å²) in [5, 5.41) is 2.83. The second-order valence-corrected chi connectivity index (χ2v) is 8.33. The lowest BCUT2D eigenvalue weighted by Crippen LogP contribution is -2.56. The smallest absolute Gasteiger partial charge is 0.259 e. The van der Waals surface area contributed by atoms with Crippen LogP contribution in [0.5, 0.6) is 0 Å². The molecule has 2 heterocycles. The van der Waals surface area contributed by atoms with Crippen molar-refractivity contribution in [1.29, 1.82) is 0 Å². The molecule has 1 aromatic heterocycles. The van der Waals surface area contributed by atoms with Crippen LogP contribution in [-0.2, 0) is 16.1 Å². The Labute approximate surface area is 179 Å². The zero-order chi connectivity index (χ0) is 22.0. The molecular weight excluding hydrogens is 404 g/mol. The summed E-state index contributed by atoms with van der Waals surface area (Å²) in [5.41, 5.74) is -0.408. The highest BCUT2D eigenvalue weighted by Gasteiger charge is 2.53. The number of nitrogens with zero attached hydrogens (tertiary/aromatic N) is 2. The molecule has 6 nitrogen and oxygen atoms in total. The normalized spacial score (nSPS) is 25.6. The SMILES string of the molecule is CC1CCC2(CC1)OCC(C(=O)NCc1cccnc1)N2C(=O)c1ccc(F)cc1F. The number of carbonyl (C=O) groups is 2. The number of hydrogen-bond acceptors (Lipinski definition) is 4.